The van der Waals surface area contributed by atoms with Crippen LogP contribution in [0.5, 0.6) is 0 Å². The number of fused-ring (bicyclic) bond motifs is 1. The lowest BCUT2D eigenvalue weighted by molar-refractivity contribution is -0.122. The summed E-state index contributed by atoms with van der Waals surface area (Å²) in [6.07, 6.45) is 6.08. The van der Waals surface area contributed by atoms with E-state index in [2.05, 4.69) is 10.3 Å². The highest BCUT2D eigenvalue weighted by Gasteiger charge is 2.29. The highest BCUT2D eigenvalue weighted by atomic mass is 16.2. The van der Waals surface area contributed by atoms with Crippen molar-refractivity contribution in [3.8, 4) is 0 Å². The second-order valence-corrected chi connectivity index (χ2v) is 4.70. The zero-order chi connectivity index (χ0) is 11.8. The first-order valence-corrected chi connectivity index (χ1v) is 5.94. The van der Waals surface area contributed by atoms with Gasteiger partial charge in [0.15, 0.2) is 0 Å². The van der Waals surface area contributed by atoms with Gasteiger partial charge in [0, 0.05) is 18.3 Å². The highest BCUT2D eigenvalue weighted by Crippen LogP contribution is 2.28. The van der Waals surface area contributed by atoms with E-state index in [1.54, 1.807) is 0 Å². The third-order valence-corrected chi connectivity index (χ3v) is 3.04. The van der Waals surface area contributed by atoms with E-state index in [0.29, 0.717) is 6.54 Å². The molecular formula is C13H15N3O. The highest BCUT2D eigenvalue weighted by molar-refractivity contribution is 5.80. The minimum absolute atomic E-state index is 0.165. The summed E-state index contributed by atoms with van der Waals surface area (Å²) in [6, 6.07) is 4.02. The van der Waals surface area contributed by atoms with Gasteiger partial charge in [-0.2, -0.15) is 0 Å². The van der Waals surface area contributed by atoms with Crippen LogP contribution in [0.15, 0.2) is 24.5 Å². The number of imidazole rings is 1. The SMILES string of the molecule is Cc1ccc2nc(CNC(=O)C3CC3)cn2c1. The Morgan fingerprint density at radius 2 is 2.29 bits per heavy atom. The molecule has 2 aromatic heterocycles. The van der Waals surface area contributed by atoms with Gasteiger partial charge in [0.1, 0.15) is 5.65 Å². The topological polar surface area (TPSA) is 46.4 Å². The second kappa shape index (κ2) is 3.87. The Labute approximate surface area is 99.7 Å². The molecule has 0 unspecified atom stereocenters. The van der Waals surface area contributed by atoms with Crippen molar-refractivity contribution in [1.29, 1.82) is 0 Å². The predicted octanol–water partition coefficient (Wildman–Crippen LogP) is 1.67. The van der Waals surface area contributed by atoms with Crippen LogP contribution in [0, 0.1) is 12.8 Å². The summed E-state index contributed by atoms with van der Waals surface area (Å²) < 4.78 is 1.99. The van der Waals surface area contributed by atoms with Gasteiger partial charge in [-0.3, -0.25) is 4.79 Å². The molecule has 1 aliphatic carbocycles. The summed E-state index contributed by atoms with van der Waals surface area (Å²) in [4.78, 5) is 16.0. The number of carbonyl (C=O) groups excluding carboxylic acids is 1. The van der Waals surface area contributed by atoms with Crippen LogP contribution in [0.4, 0.5) is 0 Å². The molecule has 1 saturated carbocycles. The van der Waals surface area contributed by atoms with E-state index in [1.807, 2.05) is 35.9 Å². The van der Waals surface area contributed by atoms with Gasteiger partial charge in [-0.05, 0) is 31.4 Å². The molecule has 4 heteroatoms. The molecule has 0 atom stereocenters. The zero-order valence-electron chi connectivity index (χ0n) is 9.81. The largest absolute Gasteiger partial charge is 0.350 e. The van der Waals surface area contributed by atoms with E-state index in [0.717, 1.165) is 24.2 Å². The van der Waals surface area contributed by atoms with Crippen LogP contribution in [0.1, 0.15) is 24.1 Å². The fourth-order valence-corrected chi connectivity index (χ4v) is 1.91. The minimum Gasteiger partial charge on any atom is -0.350 e. The fraction of sp³-hybridized carbons (Fsp3) is 0.385. The van der Waals surface area contributed by atoms with E-state index in [9.17, 15) is 4.79 Å². The predicted molar refractivity (Wildman–Crippen MR) is 64.5 cm³/mol. The standard InChI is InChI=1S/C13H15N3O/c1-9-2-5-12-15-11(8-16(12)7-9)6-14-13(17)10-3-4-10/h2,5,7-8,10H,3-4,6H2,1H3,(H,14,17). The van der Waals surface area contributed by atoms with Crippen molar-refractivity contribution in [3.63, 3.8) is 0 Å². The average molecular weight is 229 g/mol. The van der Waals surface area contributed by atoms with Crippen molar-refractivity contribution >= 4 is 11.6 Å². The van der Waals surface area contributed by atoms with E-state index in [-0.39, 0.29) is 11.8 Å². The Morgan fingerprint density at radius 1 is 1.47 bits per heavy atom. The first-order chi connectivity index (χ1) is 8.22. The molecule has 1 aliphatic rings. The Morgan fingerprint density at radius 3 is 3.06 bits per heavy atom. The first-order valence-electron chi connectivity index (χ1n) is 5.94. The summed E-state index contributed by atoms with van der Waals surface area (Å²) >= 11 is 0. The zero-order valence-corrected chi connectivity index (χ0v) is 9.81. The third-order valence-electron chi connectivity index (χ3n) is 3.04. The molecule has 2 aromatic rings. The molecule has 0 aromatic carbocycles. The van der Waals surface area contributed by atoms with Crippen molar-refractivity contribution < 1.29 is 4.79 Å². The smallest absolute Gasteiger partial charge is 0.223 e. The molecule has 0 radical (unpaired) electrons. The summed E-state index contributed by atoms with van der Waals surface area (Å²) in [5.41, 5.74) is 3.03. The number of hydrogen-bond acceptors (Lipinski definition) is 2. The van der Waals surface area contributed by atoms with Gasteiger partial charge in [0.25, 0.3) is 0 Å². The quantitative estimate of drug-likeness (QED) is 0.870. The van der Waals surface area contributed by atoms with Crippen molar-refractivity contribution in [2.75, 3.05) is 0 Å². The van der Waals surface area contributed by atoms with E-state index in [4.69, 9.17) is 0 Å². The van der Waals surface area contributed by atoms with E-state index < -0.39 is 0 Å². The number of pyridine rings is 1. The second-order valence-electron chi connectivity index (χ2n) is 4.70. The molecule has 0 saturated heterocycles. The number of rotatable bonds is 3. The number of aryl methyl sites for hydroxylation is 1. The number of carbonyl (C=O) groups is 1. The van der Waals surface area contributed by atoms with Crippen LogP contribution in [0.25, 0.3) is 5.65 Å². The number of nitrogens with zero attached hydrogens (tertiary/aromatic N) is 2. The van der Waals surface area contributed by atoms with Crippen molar-refractivity contribution in [2.24, 2.45) is 5.92 Å². The fourth-order valence-electron chi connectivity index (χ4n) is 1.91. The summed E-state index contributed by atoms with van der Waals surface area (Å²) in [5, 5.41) is 2.92. The maximum absolute atomic E-state index is 11.5. The van der Waals surface area contributed by atoms with Crippen molar-refractivity contribution in [1.82, 2.24) is 14.7 Å². The number of hydrogen-bond donors (Lipinski definition) is 1. The van der Waals surface area contributed by atoms with E-state index in [1.165, 1.54) is 5.56 Å². The summed E-state index contributed by atoms with van der Waals surface area (Å²) in [5.74, 6) is 0.424. The lowest BCUT2D eigenvalue weighted by Crippen LogP contribution is -2.24. The number of amides is 1. The molecule has 88 valence electrons. The molecule has 1 N–H and O–H groups in total. The molecule has 0 aliphatic heterocycles. The Hall–Kier alpha value is -1.84. The van der Waals surface area contributed by atoms with Gasteiger partial charge in [-0.1, -0.05) is 6.07 Å². The van der Waals surface area contributed by atoms with Gasteiger partial charge in [-0.25, -0.2) is 4.98 Å². The maximum Gasteiger partial charge on any atom is 0.223 e. The molecule has 0 spiro atoms. The van der Waals surface area contributed by atoms with Crippen molar-refractivity contribution in [3.05, 3.63) is 35.8 Å². The molecule has 4 nitrogen and oxygen atoms in total. The maximum atomic E-state index is 11.5. The molecule has 2 heterocycles. The summed E-state index contributed by atoms with van der Waals surface area (Å²) in [6.45, 7) is 2.57. The van der Waals surface area contributed by atoms with E-state index >= 15 is 0 Å². The summed E-state index contributed by atoms with van der Waals surface area (Å²) in [7, 11) is 0. The van der Waals surface area contributed by atoms with Crippen LogP contribution >= 0.6 is 0 Å². The lowest BCUT2D eigenvalue weighted by Gasteiger charge is -1.99. The van der Waals surface area contributed by atoms with Crippen LogP contribution in [0.3, 0.4) is 0 Å². The molecule has 17 heavy (non-hydrogen) atoms. The molecule has 1 amide bonds. The minimum atomic E-state index is 0.165. The lowest BCUT2D eigenvalue weighted by atomic mass is 10.3. The number of nitrogens with one attached hydrogen (secondary N) is 1. The van der Waals surface area contributed by atoms with Crippen molar-refractivity contribution in [2.45, 2.75) is 26.3 Å². The number of aromatic nitrogens is 2. The van der Waals surface area contributed by atoms with Crippen LogP contribution in [-0.4, -0.2) is 15.3 Å². The van der Waals surface area contributed by atoms with Gasteiger partial charge in [0.2, 0.25) is 5.91 Å². The average Bonchev–Trinajstić information content (AvgIpc) is 3.07. The van der Waals surface area contributed by atoms with Crippen LogP contribution in [0.2, 0.25) is 0 Å². The van der Waals surface area contributed by atoms with Gasteiger partial charge >= 0.3 is 0 Å². The molecular weight excluding hydrogens is 214 g/mol. The molecule has 3 rings (SSSR count). The van der Waals surface area contributed by atoms with Gasteiger partial charge < -0.3 is 9.72 Å². The third kappa shape index (κ3) is 2.16. The molecule has 0 bridgehead atoms. The van der Waals surface area contributed by atoms with Gasteiger partial charge in [-0.15, -0.1) is 0 Å². The van der Waals surface area contributed by atoms with Crippen LogP contribution < -0.4 is 5.32 Å². The van der Waals surface area contributed by atoms with Crippen LogP contribution in [-0.2, 0) is 11.3 Å². The Balaban J connectivity index is 1.74. The first kappa shape index (κ1) is 10.3. The molecule has 1 fully saturated rings. The normalized spacial score (nSPS) is 15.1. The Bertz CT molecular complexity index is 569. The Kier molecular flexibility index (Phi) is 2.35. The van der Waals surface area contributed by atoms with Gasteiger partial charge in [0.05, 0.1) is 12.2 Å². The monoisotopic (exact) mass is 229 g/mol.